The van der Waals surface area contributed by atoms with E-state index in [4.69, 9.17) is 9.97 Å². The smallest absolute Gasteiger partial charge is 0.116 e. The summed E-state index contributed by atoms with van der Waals surface area (Å²) < 4.78 is 0. The van der Waals surface area contributed by atoms with E-state index in [1.807, 2.05) is 0 Å². The molecule has 0 bridgehead atoms. The molecular formula is C51H47N3. The van der Waals surface area contributed by atoms with Gasteiger partial charge < -0.3 is 4.90 Å². The molecule has 5 aromatic rings. The first-order chi connectivity index (χ1) is 26.3. The van der Waals surface area contributed by atoms with Crippen LogP contribution in [0, 0.1) is 11.8 Å². The molecule has 3 unspecified atom stereocenters. The number of nitrogens with zero attached hydrogens (tertiary/aromatic N) is 3. The van der Waals surface area contributed by atoms with Crippen molar-refractivity contribution in [2.45, 2.75) is 57.8 Å². The monoisotopic (exact) mass is 701 g/mol. The van der Waals surface area contributed by atoms with Crippen LogP contribution in [0.3, 0.4) is 0 Å². The summed E-state index contributed by atoms with van der Waals surface area (Å²) in [6, 6.07) is 39.6. The molecule has 0 radical (unpaired) electrons. The second-order valence-electron chi connectivity index (χ2n) is 16.2. The van der Waals surface area contributed by atoms with Gasteiger partial charge in [0.25, 0.3) is 0 Å². The van der Waals surface area contributed by atoms with Gasteiger partial charge in [-0.2, -0.15) is 0 Å². The Balaban J connectivity index is 1.05. The molecule has 4 aromatic carbocycles. The molecule has 0 aliphatic heterocycles. The van der Waals surface area contributed by atoms with Gasteiger partial charge in [0.2, 0.25) is 0 Å². The average Bonchev–Trinajstić information content (AvgIpc) is 3.40. The molecule has 4 aliphatic carbocycles. The number of rotatable bonds is 7. The van der Waals surface area contributed by atoms with Crippen molar-refractivity contribution in [2.75, 3.05) is 4.90 Å². The molecule has 54 heavy (non-hydrogen) atoms. The van der Waals surface area contributed by atoms with Crippen molar-refractivity contribution < 1.29 is 0 Å². The molecule has 1 heterocycles. The predicted molar refractivity (Wildman–Crippen MR) is 225 cm³/mol. The van der Waals surface area contributed by atoms with Gasteiger partial charge in [0, 0.05) is 34.0 Å². The number of benzene rings is 4. The molecule has 3 heteroatoms. The van der Waals surface area contributed by atoms with E-state index in [-0.39, 0.29) is 10.8 Å². The van der Waals surface area contributed by atoms with Gasteiger partial charge in [-0.05, 0) is 106 Å². The molecule has 0 N–H and O–H groups in total. The first-order valence-electron chi connectivity index (χ1n) is 19.4. The van der Waals surface area contributed by atoms with E-state index in [9.17, 15) is 0 Å². The van der Waals surface area contributed by atoms with Gasteiger partial charge in [0.15, 0.2) is 0 Å². The summed E-state index contributed by atoms with van der Waals surface area (Å²) in [5.41, 5.74) is 15.9. The first-order valence-corrected chi connectivity index (χ1v) is 19.4. The van der Waals surface area contributed by atoms with Crippen LogP contribution in [0.5, 0.6) is 0 Å². The standard InChI is InChI=1S/C51H47N3/c1-35-11-10-14-41(31-35)38-17-19-39(20-18-38)47-33-48(53-34-52-47)40-23-27-43(28-24-40)54(42-25-21-37(22-26-42)36-12-6-5-7-13-36)44-29-30-51(4)46-16-9-8-15-45(46)50(2,3)49(51)32-44/h5-17,19,21-30,32-35,49H,18,20,31H2,1-4H3. The molecule has 0 saturated heterocycles. The summed E-state index contributed by atoms with van der Waals surface area (Å²) >= 11 is 0. The van der Waals surface area contributed by atoms with Crippen molar-refractivity contribution in [1.82, 2.24) is 9.97 Å². The Morgan fingerprint density at radius 1 is 0.630 bits per heavy atom. The van der Waals surface area contributed by atoms with Crippen LogP contribution in [0.15, 0.2) is 181 Å². The van der Waals surface area contributed by atoms with Gasteiger partial charge in [-0.15, -0.1) is 0 Å². The number of hydrogen-bond donors (Lipinski definition) is 0. The van der Waals surface area contributed by atoms with Crippen molar-refractivity contribution in [3.8, 4) is 22.4 Å². The summed E-state index contributed by atoms with van der Waals surface area (Å²) in [6.07, 6.45) is 23.5. The molecule has 0 amide bonds. The average molecular weight is 702 g/mol. The Labute approximate surface area is 320 Å². The van der Waals surface area contributed by atoms with Crippen molar-refractivity contribution in [1.29, 1.82) is 0 Å². The number of fused-ring (bicyclic) bond motifs is 3. The molecule has 266 valence electrons. The van der Waals surface area contributed by atoms with Crippen LogP contribution < -0.4 is 4.90 Å². The van der Waals surface area contributed by atoms with Crippen LogP contribution in [-0.2, 0) is 10.8 Å². The maximum atomic E-state index is 4.74. The SMILES string of the molecule is CC1C=CC=C(C2=CC=C(c3cc(-c4ccc(N(C5=CC6C(C)(C)c7ccccc7C6(C)C=C5)c5ccc(-c6ccccc6)cc5)cc4)ncn3)CC2)C1. The summed E-state index contributed by atoms with van der Waals surface area (Å²) in [5, 5.41) is 0. The lowest BCUT2D eigenvalue weighted by Gasteiger charge is -2.39. The Hall–Kier alpha value is -5.80. The second-order valence-corrected chi connectivity index (χ2v) is 16.2. The third-order valence-electron chi connectivity index (χ3n) is 12.3. The fourth-order valence-electron chi connectivity index (χ4n) is 9.36. The molecular weight excluding hydrogens is 655 g/mol. The normalized spacial score (nSPS) is 22.4. The fourth-order valence-corrected chi connectivity index (χ4v) is 9.36. The van der Waals surface area contributed by atoms with Crippen LogP contribution in [0.2, 0.25) is 0 Å². The predicted octanol–water partition coefficient (Wildman–Crippen LogP) is 12.9. The van der Waals surface area contributed by atoms with E-state index in [2.05, 4.69) is 190 Å². The van der Waals surface area contributed by atoms with Crippen molar-refractivity contribution in [3.05, 3.63) is 198 Å². The van der Waals surface area contributed by atoms with E-state index in [0.29, 0.717) is 11.8 Å². The highest BCUT2D eigenvalue weighted by atomic mass is 15.1. The van der Waals surface area contributed by atoms with Gasteiger partial charge in [-0.1, -0.05) is 149 Å². The quantitative estimate of drug-likeness (QED) is 0.169. The number of anilines is 2. The minimum Gasteiger partial charge on any atom is -0.311 e. The highest BCUT2D eigenvalue weighted by Crippen LogP contribution is 2.57. The Morgan fingerprint density at radius 3 is 1.96 bits per heavy atom. The number of aromatic nitrogens is 2. The maximum Gasteiger partial charge on any atom is 0.116 e. The van der Waals surface area contributed by atoms with Gasteiger partial charge in [-0.25, -0.2) is 9.97 Å². The minimum absolute atomic E-state index is 0.00697. The van der Waals surface area contributed by atoms with E-state index < -0.39 is 0 Å². The van der Waals surface area contributed by atoms with Crippen LogP contribution in [0.1, 0.15) is 63.8 Å². The second kappa shape index (κ2) is 13.6. The third kappa shape index (κ3) is 6.02. The molecule has 1 aromatic heterocycles. The van der Waals surface area contributed by atoms with Gasteiger partial charge in [0.05, 0.1) is 11.4 Å². The summed E-state index contributed by atoms with van der Waals surface area (Å²) in [6.45, 7) is 9.51. The summed E-state index contributed by atoms with van der Waals surface area (Å²) in [7, 11) is 0. The molecule has 3 atom stereocenters. The zero-order valence-electron chi connectivity index (χ0n) is 31.7. The topological polar surface area (TPSA) is 29.0 Å². The highest BCUT2D eigenvalue weighted by Gasteiger charge is 2.52. The Bertz CT molecular complexity index is 2400. The Morgan fingerprint density at radius 2 is 1.26 bits per heavy atom. The van der Waals surface area contributed by atoms with Crippen LogP contribution in [0.4, 0.5) is 11.4 Å². The van der Waals surface area contributed by atoms with Crippen LogP contribution in [-0.4, -0.2) is 9.97 Å². The first kappa shape index (κ1) is 34.0. The number of allylic oxidation sites excluding steroid dienone is 11. The zero-order chi connectivity index (χ0) is 36.9. The van der Waals surface area contributed by atoms with Crippen LogP contribution in [0.25, 0.3) is 28.0 Å². The molecule has 4 aliphatic rings. The van der Waals surface area contributed by atoms with E-state index in [1.165, 1.54) is 44.7 Å². The molecule has 0 fully saturated rings. The van der Waals surface area contributed by atoms with E-state index in [0.717, 1.165) is 47.6 Å². The summed E-state index contributed by atoms with van der Waals surface area (Å²) in [4.78, 5) is 11.9. The minimum atomic E-state index is -0.0603. The molecule has 9 rings (SSSR count). The molecule has 3 nitrogen and oxygen atoms in total. The summed E-state index contributed by atoms with van der Waals surface area (Å²) in [5.74, 6) is 0.912. The van der Waals surface area contributed by atoms with Crippen molar-refractivity contribution >= 4 is 16.9 Å². The van der Waals surface area contributed by atoms with Gasteiger partial charge >= 0.3 is 0 Å². The zero-order valence-corrected chi connectivity index (χ0v) is 31.7. The third-order valence-corrected chi connectivity index (χ3v) is 12.3. The van der Waals surface area contributed by atoms with Crippen molar-refractivity contribution in [3.63, 3.8) is 0 Å². The lowest BCUT2D eigenvalue weighted by atomic mass is 9.66. The molecule has 0 spiro atoms. The molecule has 0 saturated carbocycles. The van der Waals surface area contributed by atoms with Crippen molar-refractivity contribution in [2.24, 2.45) is 11.8 Å². The van der Waals surface area contributed by atoms with E-state index >= 15 is 0 Å². The fraction of sp³-hybridized carbons (Fsp3) is 0.216. The largest absolute Gasteiger partial charge is 0.311 e. The highest BCUT2D eigenvalue weighted by molar-refractivity contribution is 5.77. The number of hydrogen-bond acceptors (Lipinski definition) is 3. The Kier molecular flexibility index (Phi) is 8.54. The lowest BCUT2D eigenvalue weighted by molar-refractivity contribution is 0.322. The maximum absolute atomic E-state index is 4.74. The van der Waals surface area contributed by atoms with E-state index in [1.54, 1.807) is 6.33 Å². The van der Waals surface area contributed by atoms with Gasteiger partial charge in [-0.3, -0.25) is 0 Å². The van der Waals surface area contributed by atoms with Gasteiger partial charge in [0.1, 0.15) is 6.33 Å². The lowest BCUT2D eigenvalue weighted by Crippen LogP contribution is -2.36. The van der Waals surface area contributed by atoms with Crippen LogP contribution >= 0.6 is 0 Å².